The van der Waals surface area contributed by atoms with E-state index in [0.717, 1.165) is 5.75 Å². The number of amides is 2. The molecule has 1 N–H and O–H groups in total. The molecule has 1 rings (SSSR count). The largest absolute Gasteiger partial charge is 0.467 e. The van der Waals surface area contributed by atoms with Crippen molar-refractivity contribution in [2.24, 2.45) is 0 Å². The summed E-state index contributed by atoms with van der Waals surface area (Å²) in [5.74, 6) is 0.0395. The number of esters is 1. The van der Waals surface area contributed by atoms with Crippen LogP contribution in [0.1, 0.15) is 13.3 Å². The van der Waals surface area contributed by atoms with Crippen LogP contribution in [0.15, 0.2) is 0 Å². The number of carbonyl (C=O) groups excluding carboxylic acids is 3. The quantitative estimate of drug-likeness (QED) is 0.716. The fraction of sp³-hybridized carbons (Fsp3) is 0.700. The van der Waals surface area contributed by atoms with Gasteiger partial charge in [-0.3, -0.25) is 9.59 Å². The first-order valence-corrected chi connectivity index (χ1v) is 6.32. The first kappa shape index (κ1) is 13.8. The van der Waals surface area contributed by atoms with Gasteiger partial charge in [0.2, 0.25) is 5.91 Å². The van der Waals surface area contributed by atoms with Crippen molar-refractivity contribution in [3.63, 3.8) is 0 Å². The van der Waals surface area contributed by atoms with Crippen LogP contribution in [-0.2, 0) is 14.3 Å². The Morgan fingerprint density at radius 1 is 1.59 bits per heavy atom. The van der Waals surface area contributed by atoms with Crippen molar-refractivity contribution in [2.45, 2.75) is 19.4 Å². The minimum Gasteiger partial charge on any atom is -0.467 e. The van der Waals surface area contributed by atoms with Gasteiger partial charge >= 0.3 is 5.97 Å². The molecule has 0 aromatic carbocycles. The van der Waals surface area contributed by atoms with Crippen LogP contribution in [-0.4, -0.2) is 54.0 Å². The maximum Gasteiger partial charge on any atom is 0.328 e. The molecule has 0 radical (unpaired) electrons. The van der Waals surface area contributed by atoms with Crippen molar-refractivity contribution in [3.05, 3.63) is 0 Å². The molecular formula is C10H16N2O4S. The molecule has 1 saturated heterocycles. The highest BCUT2D eigenvalue weighted by Crippen LogP contribution is 2.16. The maximum atomic E-state index is 11.5. The second kappa shape index (κ2) is 6.48. The third-order valence-electron chi connectivity index (χ3n) is 2.39. The molecule has 0 spiro atoms. The molecule has 1 aliphatic heterocycles. The number of hydrogen-bond donors (Lipinski definition) is 1. The maximum absolute atomic E-state index is 11.5. The summed E-state index contributed by atoms with van der Waals surface area (Å²) in [6.07, 6.45) is 0.202. The monoisotopic (exact) mass is 260 g/mol. The van der Waals surface area contributed by atoms with Crippen LogP contribution < -0.4 is 5.32 Å². The third kappa shape index (κ3) is 4.26. The Kier molecular flexibility index (Phi) is 5.27. The number of nitrogens with zero attached hydrogens (tertiary/aromatic N) is 1. The first-order chi connectivity index (χ1) is 8.04. The van der Waals surface area contributed by atoms with Crippen LogP contribution >= 0.6 is 11.8 Å². The van der Waals surface area contributed by atoms with Gasteiger partial charge in [0.15, 0.2) is 0 Å². The minimum atomic E-state index is -0.656. The van der Waals surface area contributed by atoms with Crippen LogP contribution in [0.5, 0.6) is 0 Å². The molecule has 96 valence electrons. The lowest BCUT2D eigenvalue weighted by Gasteiger charge is -2.15. The van der Waals surface area contributed by atoms with E-state index >= 15 is 0 Å². The smallest absolute Gasteiger partial charge is 0.328 e. The van der Waals surface area contributed by atoms with E-state index in [1.165, 1.54) is 18.9 Å². The van der Waals surface area contributed by atoms with Crippen molar-refractivity contribution >= 4 is 28.9 Å². The lowest BCUT2D eigenvalue weighted by Crippen LogP contribution is -2.40. The molecule has 2 amide bonds. The highest BCUT2D eigenvalue weighted by Gasteiger charge is 2.22. The summed E-state index contributed by atoms with van der Waals surface area (Å²) < 4.78 is 4.49. The Labute approximate surface area is 104 Å². The lowest BCUT2D eigenvalue weighted by atomic mass is 10.3. The van der Waals surface area contributed by atoms with E-state index in [9.17, 15) is 14.4 Å². The molecule has 1 unspecified atom stereocenters. The van der Waals surface area contributed by atoms with Gasteiger partial charge in [-0.2, -0.15) is 0 Å². The van der Waals surface area contributed by atoms with Gasteiger partial charge in [-0.05, 0) is 6.92 Å². The summed E-state index contributed by atoms with van der Waals surface area (Å²) in [5.41, 5.74) is 0. The van der Waals surface area contributed by atoms with E-state index in [1.54, 1.807) is 11.8 Å². The number of methoxy groups -OCH3 is 1. The van der Waals surface area contributed by atoms with Crippen molar-refractivity contribution in [2.75, 3.05) is 26.0 Å². The van der Waals surface area contributed by atoms with Crippen molar-refractivity contribution in [3.8, 4) is 0 Å². The molecule has 0 bridgehead atoms. The molecule has 6 nitrogen and oxygen atoms in total. The number of rotatable bonds is 5. The summed E-state index contributed by atoms with van der Waals surface area (Å²) in [6, 6.07) is -0.656. The summed E-state index contributed by atoms with van der Waals surface area (Å²) in [4.78, 5) is 35.4. The molecule has 0 saturated carbocycles. The summed E-state index contributed by atoms with van der Waals surface area (Å²) in [6.45, 7) is 2.63. The van der Waals surface area contributed by atoms with Gasteiger partial charge in [-0.1, -0.05) is 11.8 Å². The van der Waals surface area contributed by atoms with Gasteiger partial charge in [0.05, 0.1) is 7.11 Å². The highest BCUT2D eigenvalue weighted by atomic mass is 32.2. The summed E-state index contributed by atoms with van der Waals surface area (Å²) in [7, 11) is 1.27. The number of carbonyl (C=O) groups is 3. The number of hydrogen-bond acceptors (Lipinski definition) is 5. The van der Waals surface area contributed by atoms with Crippen molar-refractivity contribution < 1.29 is 19.1 Å². The Balaban J connectivity index is 2.25. The van der Waals surface area contributed by atoms with Gasteiger partial charge in [0, 0.05) is 25.3 Å². The number of nitrogens with one attached hydrogen (secondary N) is 1. The molecule has 17 heavy (non-hydrogen) atoms. The van der Waals surface area contributed by atoms with Crippen LogP contribution in [0, 0.1) is 0 Å². The predicted octanol–water partition coefficient (Wildman–Crippen LogP) is 0.223. The molecular weight excluding hydrogens is 244 g/mol. The van der Waals surface area contributed by atoms with E-state index < -0.39 is 12.0 Å². The van der Waals surface area contributed by atoms with Gasteiger partial charge in [-0.15, -0.1) is 0 Å². The van der Waals surface area contributed by atoms with Crippen molar-refractivity contribution in [1.82, 2.24) is 10.2 Å². The zero-order chi connectivity index (χ0) is 12.8. The summed E-state index contributed by atoms with van der Waals surface area (Å²) in [5, 5.41) is 2.52. The molecule has 1 heterocycles. The van der Waals surface area contributed by atoms with Crippen molar-refractivity contribution in [1.29, 1.82) is 0 Å². The molecule has 0 aromatic heterocycles. The molecule has 7 heteroatoms. The zero-order valence-corrected chi connectivity index (χ0v) is 10.7. The van der Waals surface area contributed by atoms with Crippen LogP contribution in [0.2, 0.25) is 0 Å². The Hall–Kier alpha value is -1.24. The molecule has 1 fully saturated rings. The molecule has 0 aliphatic carbocycles. The van der Waals surface area contributed by atoms with Crippen LogP contribution in [0.25, 0.3) is 0 Å². The first-order valence-electron chi connectivity index (χ1n) is 5.33. The normalized spacial score (nSPS) is 16.8. The van der Waals surface area contributed by atoms with Crippen LogP contribution in [0.4, 0.5) is 4.79 Å². The Morgan fingerprint density at radius 3 is 2.82 bits per heavy atom. The van der Waals surface area contributed by atoms with E-state index in [0.29, 0.717) is 13.1 Å². The van der Waals surface area contributed by atoms with Gasteiger partial charge in [0.25, 0.3) is 5.24 Å². The lowest BCUT2D eigenvalue weighted by molar-refractivity contribution is -0.144. The third-order valence-corrected chi connectivity index (χ3v) is 3.28. The Morgan fingerprint density at radius 2 is 2.29 bits per heavy atom. The number of ether oxygens (including phenoxy) is 1. The van der Waals surface area contributed by atoms with Gasteiger partial charge in [-0.25, -0.2) is 4.79 Å². The highest BCUT2D eigenvalue weighted by molar-refractivity contribution is 8.13. The van der Waals surface area contributed by atoms with E-state index in [2.05, 4.69) is 10.1 Å². The second-order valence-corrected chi connectivity index (χ2v) is 4.71. The molecule has 1 aliphatic rings. The zero-order valence-electron chi connectivity index (χ0n) is 9.89. The average molecular weight is 260 g/mol. The number of thioether (sulfide) groups is 1. The fourth-order valence-electron chi connectivity index (χ4n) is 1.41. The molecule has 1 atom stereocenters. The Bertz CT molecular complexity index is 321. The fourth-order valence-corrected chi connectivity index (χ4v) is 2.27. The predicted molar refractivity (Wildman–Crippen MR) is 63.7 cm³/mol. The van der Waals surface area contributed by atoms with E-state index in [-0.39, 0.29) is 17.6 Å². The van der Waals surface area contributed by atoms with Gasteiger partial charge in [0.1, 0.15) is 6.04 Å². The second-order valence-electron chi connectivity index (χ2n) is 3.66. The van der Waals surface area contributed by atoms with E-state index in [1.807, 2.05) is 0 Å². The SMILES string of the molecule is COC(=O)C(C)NC(=O)CCN1CCSC1=O. The van der Waals surface area contributed by atoms with Crippen LogP contribution in [0.3, 0.4) is 0 Å². The standard InChI is InChI=1S/C10H16N2O4S/c1-7(9(14)16-2)11-8(13)3-4-12-5-6-17-10(12)15/h7H,3-6H2,1-2H3,(H,11,13). The average Bonchev–Trinajstić information content (AvgIpc) is 2.71. The molecule has 0 aromatic rings. The van der Waals surface area contributed by atoms with Gasteiger partial charge < -0.3 is 15.0 Å². The minimum absolute atomic E-state index is 0.0128. The van der Waals surface area contributed by atoms with E-state index in [4.69, 9.17) is 0 Å². The topological polar surface area (TPSA) is 75.7 Å². The summed E-state index contributed by atoms with van der Waals surface area (Å²) >= 11 is 1.26.